The first-order valence-corrected chi connectivity index (χ1v) is 12.6. The predicted octanol–water partition coefficient (Wildman–Crippen LogP) is 5.00. The Morgan fingerprint density at radius 1 is 1.37 bits per heavy atom. The summed E-state index contributed by atoms with van der Waals surface area (Å²) in [4.78, 5) is 24.7. The Labute approximate surface area is 219 Å². The van der Waals surface area contributed by atoms with Gasteiger partial charge in [0.2, 0.25) is 5.95 Å². The predicted molar refractivity (Wildman–Crippen MR) is 143 cm³/mol. The summed E-state index contributed by atoms with van der Waals surface area (Å²) in [5.41, 5.74) is 4.16. The maximum Gasteiger partial charge on any atom is 0.330 e. The van der Waals surface area contributed by atoms with Crippen LogP contribution in [0.5, 0.6) is 5.75 Å². The summed E-state index contributed by atoms with van der Waals surface area (Å²) >= 11 is 0. The fourth-order valence-electron chi connectivity index (χ4n) is 5.09. The average Bonchev–Trinajstić information content (AvgIpc) is 3.04. The maximum absolute atomic E-state index is 14.0. The minimum atomic E-state index is -0.398. The highest BCUT2D eigenvalue weighted by molar-refractivity contribution is 5.82. The molecule has 0 bridgehead atoms. The first kappa shape index (κ1) is 25.1. The van der Waals surface area contributed by atoms with Gasteiger partial charge in [0.25, 0.3) is 0 Å². The van der Waals surface area contributed by atoms with E-state index in [1.807, 2.05) is 32.1 Å². The third-order valence-electron chi connectivity index (χ3n) is 7.01. The van der Waals surface area contributed by atoms with Crippen LogP contribution in [0.1, 0.15) is 51.1 Å². The number of nitrogens with one attached hydrogen (secondary N) is 1. The summed E-state index contributed by atoms with van der Waals surface area (Å²) in [6, 6.07) is 6.18. The van der Waals surface area contributed by atoms with Crippen molar-refractivity contribution in [1.29, 1.82) is 10.7 Å². The maximum atomic E-state index is 14.0. The van der Waals surface area contributed by atoms with Crippen LogP contribution in [0.3, 0.4) is 0 Å². The van der Waals surface area contributed by atoms with Crippen molar-refractivity contribution in [1.82, 2.24) is 19.1 Å². The van der Waals surface area contributed by atoms with Crippen LogP contribution in [0, 0.1) is 22.6 Å². The lowest BCUT2D eigenvalue weighted by atomic mass is 10.0. The number of imidazole rings is 1. The van der Waals surface area contributed by atoms with Crippen molar-refractivity contribution in [2.75, 3.05) is 11.5 Å². The van der Waals surface area contributed by atoms with Crippen LogP contribution < -0.4 is 15.3 Å². The van der Waals surface area contributed by atoms with Gasteiger partial charge in [-0.2, -0.15) is 10.2 Å². The molecule has 38 heavy (non-hydrogen) atoms. The van der Waals surface area contributed by atoms with Crippen molar-refractivity contribution >= 4 is 23.5 Å². The van der Waals surface area contributed by atoms with Crippen LogP contribution in [0.4, 0.5) is 10.3 Å². The highest BCUT2D eigenvalue weighted by Crippen LogP contribution is 2.36. The molecule has 1 N–H and O–H groups in total. The lowest BCUT2D eigenvalue weighted by Crippen LogP contribution is -2.28. The first-order valence-electron chi connectivity index (χ1n) is 12.6. The van der Waals surface area contributed by atoms with Gasteiger partial charge in [-0.25, -0.2) is 14.2 Å². The Bertz CT molecular complexity index is 1610. The van der Waals surface area contributed by atoms with E-state index in [1.54, 1.807) is 26.3 Å². The second-order valence-electron chi connectivity index (χ2n) is 9.24. The molecule has 3 aromatic rings. The molecular formula is C28H28FN7O2. The minimum absolute atomic E-state index is 0.227. The topological polar surface area (TPSA) is 113 Å². The molecule has 194 valence electrons. The molecule has 1 atom stereocenters. The molecule has 1 aliphatic heterocycles. The fraction of sp³-hybridized carbons (Fsp3) is 0.321. The molecule has 0 unspecified atom stereocenters. The van der Waals surface area contributed by atoms with E-state index in [2.05, 4.69) is 11.1 Å². The van der Waals surface area contributed by atoms with Crippen LogP contribution in [0.15, 0.2) is 64.3 Å². The van der Waals surface area contributed by atoms with Crippen molar-refractivity contribution in [3.8, 4) is 11.8 Å². The van der Waals surface area contributed by atoms with E-state index in [0.29, 0.717) is 55.7 Å². The van der Waals surface area contributed by atoms with E-state index in [0.717, 1.165) is 28.7 Å². The van der Waals surface area contributed by atoms with Crippen LogP contribution in [0.2, 0.25) is 0 Å². The molecule has 0 fully saturated rings. The van der Waals surface area contributed by atoms with Gasteiger partial charge in [0, 0.05) is 30.3 Å². The van der Waals surface area contributed by atoms with Crippen molar-refractivity contribution in [3.63, 3.8) is 0 Å². The van der Waals surface area contributed by atoms with Crippen LogP contribution in [-0.2, 0) is 6.54 Å². The average molecular weight is 514 g/mol. The zero-order valence-electron chi connectivity index (χ0n) is 21.3. The number of aryl methyl sites for hydroxylation is 1. The number of allylic oxidation sites excluding steroid dienone is 5. The fourth-order valence-corrected chi connectivity index (χ4v) is 5.09. The number of hydrogen-bond donors (Lipinski definition) is 1. The summed E-state index contributed by atoms with van der Waals surface area (Å²) in [6.45, 7) is 4.69. The summed E-state index contributed by atoms with van der Waals surface area (Å²) in [7, 11) is 0. The quantitative estimate of drug-likeness (QED) is 0.367. The molecule has 3 heterocycles. The number of rotatable bonds is 6. The van der Waals surface area contributed by atoms with Gasteiger partial charge in [0.15, 0.2) is 5.65 Å². The summed E-state index contributed by atoms with van der Waals surface area (Å²) in [6.07, 6.45) is 10.7. The van der Waals surface area contributed by atoms with Crippen LogP contribution in [-0.4, -0.2) is 32.0 Å². The molecule has 10 heteroatoms. The van der Waals surface area contributed by atoms with E-state index in [4.69, 9.17) is 20.4 Å². The van der Waals surface area contributed by atoms with Gasteiger partial charge in [-0.15, -0.1) is 0 Å². The molecule has 2 aliphatic rings. The van der Waals surface area contributed by atoms with Crippen molar-refractivity contribution in [3.05, 3.63) is 81.3 Å². The smallest absolute Gasteiger partial charge is 0.330 e. The van der Waals surface area contributed by atoms with E-state index in [-0.39, 0.29) is 11.6 Å². The summed E-state index contributed by atoms with van der Waals surface area (Å²) < 4.78 is 23.1. The Morgan fingerprint density at radius 2 is 2.21 bits per heavy atom. The van der Waals surface area contributed by atoms with E-state index < -0.39 is 11.9 Å². The van der Waals surface area contributed by atoms with Gasteiger partial charge in [0.05, 0.1) is 37.7 Å². The molecule has 0 saturated heterocycles. The highest BCUT2D eigenvalue weighted by atomic mass is 19.1. The highest BCUT2D eigenvalue weighted by Gasteiger charge is 2.28. The zero-order chi connectivity index (χ0) is 26.8. The normalized spacial score (nSPS) is 17.2. The molecule has 0 spiro atoms. The number of fused-ring (bicyclic) bond motifs is 2. The van der Waals surface area contributed by atoms with Crippen LogP contribution >= 0.6 is 0 Å². The van der Waals surface area contributed by atoms with Gasteiger partial charge < -0.3 is 4.74 Å². The lowest BCUT2D eigenvalue weighted by Gasteiger charge is -2.22. The number of nitriles is 1. The number of nitrogens with zero attached hydrogens (tertiary/aromatic N) is 6. The van der Waals surface area contributed by atoms with Gasteiger partial charge in [-0.1, -0.05) is 24.3 Å². The molecule has 2 aromatic heterocycles. The van der Waals surface area contributed by atoms with Gasteiger partial charge in [-0.05, 0) is 43.9 Å². The molecule has 1 aromatic carbocycles. The van der Waals surface area contributed by atoms with E-state index >= 15 is 0 Å². The molecule has 1 aliphatic carbocycles. The Kier molecular flexibility index (Phi) is 6.92. The molecule has 9 nitrogen and oxygen atoms in total. The number of anilines is 1. The van der Waals surface area contributed by atoms with Gasteiger partial charge >= 0.3 is 5.69 Å². The van der Waals surface area contributed by atoms with Crippen molar-refractivity contribution < 1.29 is 9.13 Å². The Hall–Kier alpha value is -4.52. The standard InChI is InChI=1S/C28H28FN7O2/c1-3-34-24-16-32-27(35(17-31)22-11-8-19(12-13-30)7-6-18(22)2)33-26(24)36(28(34)37)23-5-4-14-38-25-15-20(29)9-10-21(23)25/h6-10,15-17,23,31H,3-5,11-12,14H2,1-2H3/t23-/m1/s1. The Balaban J connectivity index is 1.66. The third-order valence-corrected chi connectivity index (χ3v) is 7.01. The first-order chi connectivity index (χ1) is 18.5. The molecule has 0 saturated carbocycles. The molecular weight excluding hydrogens is 485 g/mol. The van der Waals surface area contributed by atoms with E-state index in [9.17, 15) is 9.18 Å². The molecule has 0 radical (unpaired) electrons. The minimum Gasteiger partial charge on any atom is -0.493 e. The second kappa shape index (κ2) is 10.5. The zero-order valence-corrected chi connectivity index (χ0v) is 21.3. The second-order valence-corrected chi connectivity index (χ2v) is 9.24. The number of hydrogen-bond acceptors (Lipinski definition) is 6. The third kappa shape index (κ3) is 4.41. The van der Waals surface area contributed by atoms with Gasteiger partial charge in [0.1, 0.15) is 17.1 Å². The van der Waals surface area contributed by atoms with Crippen molar-refractivity contribution in [2.45, 2.75) is 52.1 Å². The largest absolute Gasteiger partial charge is 0.493 e. The number of ether oxygens (including phenoxy) is 1. The van der Waals surface area contributed by atoms with Crippen molar-refractivity contribution in [2.24, 2.45) is 0 Å². The molecule has 0 amide bonds. The van der Waals surface area contributed by atoms with Gasteiger partial charge in [-0.3, -0.25) is 19.4 Å². The number of halogens is 1. The molecule has 5 rings (SSSR count). The van der Waals surface area contributed by atoms with E-state index in [1.165, 1.54) is 12.1 Å². The number of benzene rings is 1. The SMILES string of the molecule is CCn1c(=O)n([C@@H]2CCCOc3cc(F)ccc32)c2nc(N(C=N)C3=C(C)C=CC(CC#N)=CC3)ncc21. The summed E-state index contributed by atoms with van der Waals surface area (Å²) in [5, 5.41) is 17.3. The number of aromatic nitrogens is 4. The van der Waals surface area contributed by atoms with Crippen LogP contribution in [0.25, 0.3) is 11.2 Å². The lowest BCUT2D eigenvalue weighted by molar-refractivity contribution is 0.314. The summed E-state index contributed by atoms with van der Waals surface area (Å²) in [5.74, 6) is 0.295. The Morgan fingerprint density at radius 3 is 2.97 bits per heavy atom. The monoisotopic (exact) mass is 513 g/mol.